The first kappa shape index (κ1) is 10.1. The van der Waals surface area contributed by atoms with Gasteiger partial charge in [0, 0.05) is 18.0 Å². The maximum Gasteiger partial charge on any atom is 0.0609 e. The second kappa shape index (κ2) is 3.46. The van der Waals surface area contributed by atoms with Crippen LogP contribution in [0.4, 0.5) is 0 Å². The number of fused-ring (bicyclic) bond motifs is 3. The molecule has 15 heavy (non-hydrogen) atoms. The molecular formula is C13H23NO. The van der Waals surface area contributed by atoms with Gasteiger partial charge in [0.05, 0.1) is 6.10 Å². The molecule has 1 saturated carbocycles. The van der Waals surface area contributed by atoms with Gasteiger partial charge in [0.15, 0.2) is 0 Å². The van der Waals surface area contributed by atoms with Crippen molar-refractivity contribution in [2.24, 2.45) is 17.8 Å². The number of aliphatic hydroxyl groups is 1. The molecule has 1 aliphatic carbocycles. The summed E-state index contributed by atoms with van der Waals surface area (Å²) in [7, 11) is 0. The highest BCUT2D eigenvalue weighted by Gasteiger charge is 2.51. The number of rotatable bonds is 0. The fourth-order valence-corrected chi connectivity index (χ4v) is 4.58. The molecular weight excluding hydrogens is 186 g/mol. The summed E-state index contributed by atoms with van der Waals surface area (Å²) in [6.45, 7) is 5.90. The standard InChI is InChI=1S/C13H23NO/c1-8-6-9(2)13(15)11-7-10-4-3-5-14(10)12(8)11/h8-13,15H,3-7H2,1-2H3. The van der Waals surface area contributed by atoms with Crippen molar-refractivity contribution in [3.05, 3.63) is 0 Å². The van der Waals surface area contributed by atoms with E-state index in [0.29, 0.717) is 17.9 Å². The lowest BCUT2D eigenvalue weighted by molar-refractivity contribution is -0.0215. The van der Waals surface area contributed by atoms with E-state index in [1.165, 1.54) is 32.2 Å². The largest absolute Gasteiger partial charge is 0.392 e. The average molecular weight is 209 g/mol. The lowest BCUT2D eigenvalue weighted by Crippen LogP contribution is -2.48. The van der Waals surface area contributed by atoms with E-state index in [2.05, 4.69) is 18.7 Å². The van der Waals surface area contributed by atoms with Crippen LogP contribution in [0.15, 0.2) is 0 Å². The first-order valence-corrected chi connectivity index (χ1v) is 6.62. The topological polar surface area (TPSA) is 23.5 Å². The van der Waals surface area contributed by atoms with Crippen LogP contribution in [-0.2, 0) is 0 Å². The number of aliphatic hydroxyl groups excluding tert-OH is 1. The molecule has 6 atom stereocenters. The number of nitrogens with zero attached hydrogens (tertiary/aromatic N) is 1. The highest BCUT2D eigenvalue weighted by atomic mass is 16.3. The lowest BCUT2D eigenvalue weighted by atomic mass is 9.71. The zero-order valence-electron chi connectivity index (χ0n) is 9.89. The first-order chi connectivity index (χ1) is 7.18. The van der Waals surface area contributed by atoms with Crippen molar-refractivity contribution in [2.45, 2.75) is 57.7 Å². The van der Waals surface area contributed by atoms with Gasteiger partial charge in [0.25, 0.3) is 0 Å². The van der Waals surface area contributed by atoms with Crippen LogP contribution in [0.1, 0.15) is 39.5 Å². The summed E-state index contributed by atoms with van der Waals surface area (Å²) in [6.07, 6.45) is 5.20. The predicted molar refractivity (Wildman–Crippen MR) is 60.6 cm³/mol. The summed E-state index contributed by atoms with van der Waals surface area (Å²) in [6, 6.07) is 1.51. The SMILES string of the molecule is CC1CC(C)C2C(CC3CCCN32)C1O. The molecule has 0 bridgehead atoms. The number of hydrogen-bond donors (Lipinski definition) is 1. The summed E-state index contributed by atoms with van der Waals surface area (Å²) >= 11 is 0. The van der Waals surface area contributed by atoms with Crippen LogP contribution in [0.25, 0.3) is 0 Å². The van der Waals surface area contributed by atoms with Gasteiger partial charge in [0.1, 0.15) is 0 Å². The van der Waals surface area contributed by atoms with Crippen molar-refractivity contribution in [3.63, 3.8) is 0 Å². The summed E-state index contributed by atoms with van der Waals surface area (Å²) < 4.78 is 0. The second-order valence-electron chi connectivity index (χ2n) is 6.10. The Kier molecular flexibility index (Phi) is 2.33. The van der Waals surface area contributed by atoms with Gasteiger partial charge in [-0.3, -0.25) is 4.90 Å². The summed E-state index contributed by atoms with van der Waals surface area (Å²) in [5.41, 5.74) is 0. The zero-order chi connectivity index (χ0) is 10.6. The van der Waals surface area contributed by atoms with Crippen LogP contribution >= 0.6 is 0 Å². The molecule has 2 nitrogen and oxygen atoms in total. The summed E-state index contributed by atoms with van der Waals surface area (Å²) in [5.74, 6) is 1.88. The van der Waals surface area contributed by atoms with Gasteiger partial charge in [-0.05, 0) is 44.1 Å². The van der Waals surface area contributed by atoms with Crippen molar-refractivity contribution in [1.29, 1.82) is 0 Å². The minimum absolute atomic E-state index is 0.0307. The molecule has 2 aliphatic heterocycles. The van der Waals surface area contributed by atoms with Crippen molar-refractivity contribution in [1.82, 2.24) is 4.90 Å². The highest BCUT2D eigenvalue weighted by Crippen LogP contribution is 2.47. The van der Waals surface area contributed by atoms with Crippen LogP contribution < -0.4 is 0 Å². The predicted octanol–water partition coefficient (Wildman–Crippen LogP) is 1.88. The van der Waals surface area contributed by atoms with E-state index in [-0.39, 0.29) is 6.10 Å². The van der Waals surface area contributed by atoms with E-state index in [1.54, 1.807) is 0 Å². The van der Waals surface area contributed by atoms with Crippen LogP contribution in [0, 0.1) is 17.8 Å². The van der Waals surface area contributed by atoms with Gasteiger partial charge in [-0.25, -0.2) is 0 Å². The fourth-order valence-electron chi connectivity index (χ4n) is 4.58. The molecule has 3 aliphatic rings. The van der Waals surface area contributed by atoms with E-state index in [4.69, 9.17) is 0 Å². The van der Waals surface area contributed by atoms with Crippen molar-refractivity contribution < 1.29 is 5.11 Å². The Bertz CT molecular complexity index is 255. The molecule has 0 spiro atoms. The maximum absolute atomic E-state index is 10.3. The minimum Gasteiger partial charge on any atom is -0.392 e. The molecule has 0 amide bonds. The van der Waals surface area contributed by atoms with Gasteiger partial charge in [-0.2, -0.15) is 0 Å². The first-order valence-electron chi connectivity index (χ1n) is 6.62. The molecule has 3 rings (SSSR count). The fraction of sp³-hybridized carbons (Fsp3) is 1.00. The van der Waals surface area contributed by atoms with Crippen LogP contribution in [0.3, 0.4) is 0 Å². The minimum atomic E-state index is -0.0307. The Morgan fingerprint density at radius 1 is 1.13 bits per heavy atom. The Hall–Kier alpha value is -0.0800. The Labute approximate surface area is 92.7 Å². The van der Waals surface area contributed by atoms with Gasteiger partial charge in [0.2, 0.25) is 0 Å². The molecule has 3 fully saturated rings. The molecule has 0 aromatic rings. The maximum atomic E-state index is 10.3. The monoisotopic (exact) mass is 209 g/mol. The molecule has 2 heteroatoms. The number of hydrogen-bond acceptors (Lipinski definition) is 2. The smallest absolute Gasteiger partial charge is 0.0609 e. The van der Waals surface area contributed by atoms with Gasteiger partial charge >= 0.3 is 0 Å². The molecule has 1 N–H and O–H groups in total. The zero-order valence-corrected chi connectivity index (χ0v) is 9.89. The third kappa shape index (κ3) is 1.38. The van der Waals surface area contributed by atoms with E-state index in [0.717, 1.165) is 12.0 Å². The highest BCUT2D eigenvalue weighted by molar-refractivity contribution is 5.04. The third-order valence-corrected chi connectivity index (χ3v) is 5.14. The second-order valence-corrected chi connectivity index (χ2v) is 6.10. The van der Waals surface area contributed by atoms with E-state index in [9.17, 15) is 5.11 Å². The molecule has 2 heterocycles. The lowest BCUT2D eigenvalue weighted by Gasteiger charge is -2.42. The molecule has 0 aromatic heterocycles. The van der Waals surface area contributed by atoms with E-state index in [1.807, 2.05) is 0 Å². The third-order valence-electron chi connectivity index (χ3n) is 5.14. The van der Waals surface area contributed by atoms with Crippen LogP contribution in [-0.4, -0.2) is 34.7 Å². The Morgan fingerprint density at radius 3 is 2.73 bits per heavy atom. The van der Waals surface area contributed by atoms with E-state index < -0.39 is 0 Å². The van der Waals surface area contributed by atoms with Gasteiger partial charge in [-0.15, -0.1) is 0 Å². The van der Waals surface area contributed by atoms with Crippen molar-refractivity contribution >= 4 is 0 Å². The van der Waals surface area contributed by atoms with Crippen molar-refractivity contribution in [2.75, 3.05) is 6.54 Å². The molecule has 2 saturated heterocycles. The van der Waals surface area contributed by atoms with Gasteiger partial charge in [-0.1, -0.05) is 13.8 Å². The molecule has 0 radical (unpaired) electrons. The van der Waals surface area contributed by atoms with E-state index >= 15 is 0 Å². The summed E-state index contributed by atoms with van der Waals surface area (Å²) in [4.78, 5) is 2.71. The van der Waals surface area contributed by atoms with Crippen LogP contribution in [0.2, 0.25) is 0 Å². The normalized spacial score (nSPS) is 55.4. The Morgan fingerprint density at radius 2 is 1.93 bits per heavy atom. The Balaban J connectivity index is 1.85. The molecule has 0 aromatic carbocycles. The average Bonchev–Trinajstić information content (AvgIpc) is 2.72. The van der Waals surface area contributed by atoms with Crippen LogP contribution in [0.5, 0.6) is 0 Å². The quantitative estimate of drug-likeness (QED) is 0.658. The van der Waals surface area contributed by atoms with Gasteiger partial charge < -0.3 is 5.11 Å². The molecule has 86 valence electrons. The van der Waals surface area contributed by atoms with Crippen molar-refractivity contribution in [3.8, 4) is 0 Å². The molecule has 6 unspecified atom stereocenters. The summed E-state index contributed by atoms with van der Waals surface area (Å²) in [5, 5.41) is 10.3.